The number of hydrogen-bond acceptors (Lipinski definition) is 2. The van der Waals surface area contributed by atoms with Crippen molar-refractivity contribution in [2.24, 2.45) is 0 Å². The third-order valence-electron chi connectivity index (χ3n) is 2.86. The maximum absolute atomic E-state index is 3.57. The highest BCUT2D eigenvalue weighted by Crippen LogP contribution is 2.14. The molecule has 18 heavy (non-hydrogen) atoms. The van der Waals surface area contributed by atoms with Gasteiger partial charge in [-0.2, -0.15) is 0 Å². The Bertz CT molecular complexity index is 264. The lowest BCUT2D eigenvalue weighted by atomic mass is 10.1. The van der Waals surface area contributed by atoms with Gasteiger partial charge in [0.1, 0.15) is 0 Å². The van der Waals surface area contributed by atoms with Gasteiger partial charge in [-0.1, -0.05) is 45.9 Å². The van der Waals surface area contributed by atoms with Crippen molar-refractivity contribution in [1.82, 2.24) is 4.90 Å². The number of nitrogens with one attached hydrogen (secondary N) is 1. The zero-order chi connectivity index (χ0) is 13.8. The molecule has 1 aliphatic rings. The molecule has 0 saturated carbocycles. The minimum absolute atomic E-state index is 0.661. The monoisotopic (exact) mass is 250 g/mol. The number of piperidine rings is 1. The van der Waals surface area contributed by atoms with Crippen molar-refractivity contribution in [3.63, 3.8) is 0 Å². The van der Waals surface area contributed by atoms with Crippen LogP contribution in [0.3, 0.4) is 0 Å². The summed E-state index contributed by atoms with van der Waals surface area (Å²) < 4.78 is 0. The van der Waals surface area contributed by atoms with Gasteiger partial charge in [0.05, 0.1) is 0 Å². The van der Waals surface area contributed by atoms with E-state index in [1.165, 1.54) is 31.6 Å². The zero-order valence-electron chi connectivity index (χ0n) is 12.7. The third kappa shape index (κ3) is 6.65. The highest BCUT2D eigenvalue weighted by atomic mass is 15.1. The number of benzene rings is 1. The van der Waals surface area contributed by atoms with Crippen molar-refractivity contribution in [1.29, 1.82) is 0 Å². The summed E-state index contributed by atoms with van der Waals surface area (Å²) in [6.45, 7) is 10.4. The number of nitrogens with zero attached hydrogens (tertiary/aromatic N) is 1. The molecular formula is C16H30N2. The molecule has 0 bridgehead atoms. The van der Waals surface area contributed by atoms with E-state index in [9.17, 15) is 0 Å². The summed E-state index contributed by atoms with van der Waals surface area (Å²) in [5.41, 5.74) is 1.25. The summed E-state index contributed by atoms with van der Waals surface area (Å²) in [7, 11) is 2.19. The predicted molar refractivity (Wildman–Crippen MR) is 83.3 cm³/mol. The Kier molecular flexibility index (Phi) is 10.5. The van der Waals surface area contributed by atoms with Gasteiger partial charge >= 0.3 is 0 Å². The topological polar surface area (TPSA) is 15.3 Å². The quantitative estimate of drug-likeness (QED) is 0.844. The Morgan fingerprint density at radius 3 is 1.94 bits per heavy atom. The lowest BCUT2D eigenvalue weighted by molar-refractivity contribution is 0.264. The largest absolute Gasteiger partial charge is 0.382 e. The van der Waals surface area contributed by atoms with Gasteiger partial charge in [-0.3, -0.25) is 0 Å². The number of likely N-dealkylation sites (tertiary alicyclic amines) is 1. The van der Waals surface area contributed by atoms with Gasteiger partial charge in [-0.05, 0) is 45.1 Å². The molecule has 0 radical (unpaired) electrons. The van der Waals surface area contributed by atoms with Gasteiger partial charge in [0, 0.05) is 11.7 Å². The van der Waals surface area contributed by atoms with Crippen LogP contribution >= 0.6 is 0 Å². The summed E-state index contributed by atoms with van der Waals surface area (Å²) in [6, 6.07) is 11.2. The molecule has 1 aromatic rings. The van der Waals surface area contributed by atoms with E-state index in [0.717, 1.165) is 0 Å². The molecular weight excluding hydrogens is 220 g/mol. The normalized spacial score (nSPS) is 15.8. The molecule has 1 aliphatic heterocycles. The summed E-state index contributed by atoms with van der Waals surface area (Å²) in [5, 5.41) is 3.57. The Balaban J connectivity index is 0.000000659. The van der Waals surface area contributed by atoms with Crippen molar-refractivity contribution >= 4 is 5.69 Å². The van der Waals surface area contributed by atoms with Gasteiger partial charge in [-0.15, -0.1) is 0 Å². The molecule has 104 valence electrons. The van der Waals surface area contributed by atoms with E-state index in [2.05, 4.69) is 47.6 Å². The van der Waals surface area contributed by atoms with E-state index in [0.29, 0.717) is 6.04 Å². The molecule has 0 spiro atoms. The number of anilines is 1. The van der Waals surface area contributed by atoms with Crippen LogP contribution in [0.2, 0.25) is 0 Å². The van der Waals surface area contributed by atoms with Crippen LogP contribution in [-0.4, -0.2) is 31.1 Å². The fourth-order valence-electron chi connectivity index (χ4n) is 1.92. The molecule has 2 rings (SSSR count). The first-order valence-corrected chi connectivity index (χ1v) is 7.35. The smallest absolute Gasteiger partial charge is 0.0342 e. The Labute approximate surface area is 113 Å². The molecule has 2 heteroatoms. The summed E-state index contributed by atoms with van der Waals surface area (Å²) in [4.78, 5) is 2.39. The summed E-state index contributed by atoms with van der Waals surface area (Å²) in [6.07, 6.45) is 2.51. The second kappa shape index (κ2) is 11.1. The Morgan fingerprint density at radius 1 is 0.944 bits per heavy atom. The van der Waals surface area contributed by atoms with Gasteiger partial charge < -0.3 is 10.2 Å². The van der Waals surface area contributed by atoms with Crippen LogP contribution in [0.1, 0.15) is 40.5 Å². The van der Waals surface area contributed by atoms with Crippen LogP contribution in [0.5, 0.6) is 0 Å². The fourth-order valence-corrected chi connectivity index (χ4v) is 1.92. The fraction of sp³-hybridized carbons (Fsp3) is 0.625. The molecule has 0 atom stereocenters. The lowest BCUT2D eigenvalue weighted by Gasteiger charge is -2.30. The number of para-hydroxylation sites is 1. The second-order valence-electron chi connectivity index (χ2n) is 4.09. The average Bonchev–Trinajstić information content (AvgIpc) is 2.47. The van der Waals surface area contributed by atoms with E-state index in [-0.39, 0.29) is 0 Å². The van der Waals surface area contributed by atoms with Crippen LogP contribution in [0.4, 0.5) is 5.69 Å². The van der Waals surface area contributed by atoms with E-state index >= 15 is 0 Å². The highest BCUT2D eigenvalue weighted by Gasteiger charge is 2.15. The SMILES string of the molecule is CC.CC.CN1CCC(Nc2ccccc2)CC1. The summed E-state index contributed by atoms with van der Waals surface area (Å²) >= 11 is 0. The van der Waals surface area contributed by atoms with Crippen molar-refractivity contribution in [3.05, 3.63) is 30.3 Å². The molecule has 1 fully saturated rings. The first-order valence-electron chi connectivity index (χ1n) is 7.35. The average molecular weight is 250 g/mol. The minimum atomic E-state index is 0.661. The van der Waals surface area contributed by atoms with E-state index in [4.69, 9.17) is 0 Å². The van der Waals surface area contributed by atoms with Crippen LogP contribution in [0.25, 0.3) is 0 Å². The van der Waals surface area contributed by atoms with E-state index in [1.54, 1.807) is 0 Å². The molecule has 1 aromatic carbocycles. The molecule has 0 unspecified atom stereocenters. The predicted octanol–water partition coefficient (Wildman–Crippen LogP) is 4.25. The molecule has 0 aromatic heterocycles. The molecule has 0 amide bonds. The number of hydrogen-bond donors (Lipinski definition) is 1. The van der Waals surface area contributed by atoms with Crippen molar-refractivity contribution < 1.29 is 0 Å². The molecule has 2 nitrogen and oxygen atoms in total. The van der Waals surface area contributed by atoms with Gasteiger partial charge in [0.2, 0.25) is 0 Å². The molecule has 0 aliphatic carbocycles. The van der Waals surface area contributed by atoms with Gasteiger partial charge in [0.25, 0.3) is 0 Å². The van der Waals surface area contributed by atoms with Crippen molar-refractivity contribution in [3.8, 4) is 0 Å². The number of rotatable bonds is 2. The van der Waals surface area contributed by atoms with E-state index < -0.39 is 0 Å². The van der Waals surface area contributed by atoms with Crippen molar-refractivity contribution in [2.75, 3.05) is 25.5 Å². The highest BCUT2D eigenvalue weighted by molar-refractivity contribution is 5.43. The molecule has 1 N–H and O–H groups in total. The van der Waals surface area contributed by atoms with Gasteiger partial charge in [-0.25, -0.2) is 0 Å². The molecule has 1 saturated heterocycles. The van der Waals surface area contributed by atoms with Crippen molar-refractivity contribution in [2.45, 2.75) is 46.6 Å². The second-order valence-corrected chi connectivity index (χ2v) is 4.09. The minimum Gasteiger partial charge on any atom is -0.382 e. The standard InChI is InChI=1S/C12H18N2.2C2H6/c1-14-9-7-12(8-10-14)13-11-5-3-2-4-6-11;2*1-2/h2-6,12-13H,7-10H2,1H3;2*1-2H3. The Morgan fingerprint density at radius 2 is 1.44 bits per heavy atom. The third-order valence-corrected chi connectivity index (χ3v) is 2.86. The lowest BCUT2D eigenvalue weighted by Crippen LogP contribution is -2.36. The first-order chi connectivity index (χ1) is 8.84. The Hall–Kier alpha value is -1.02. The zero-order valence-corrected chi connectivity index (χ0v) is 12.7. The van der Waals surface area contributed by atoms with Crippen LogP contribution in [-0.2, 0) is 0 Å². The van der Waals surface area contributed by atoms with Crippen LogP contribution < -0.4 is 5.32 Å². The van der Waals surface area contributed by atoms with E-state index in [1.807, 2.05) is 27.7 Å². The van der Waals surface area contributed by atoms with Gasteiger partial charge in [0.15, 0.2) is 0 Å². The summed E-state index contributed by atoms with van der Waals surface area (Å²) in [5.74, 6) is 0. The molecule has 1 heterocycles. The maximum Gasteiger partial charge on any atom is 0.0342 e. The van der Waals surface area contributed by atoms with Crippen LogP contribution in [0.15, 0.2) is 30.3 Å². The maximum atomic E-state index is 3.57. The first kappa shape index (κ1) is 17.0. The van der Waals surface area contributed by atoms with Crippen LogP contribution in [0, 0.1) is 0 Å².